The van der Waals surface area contributed by atoms with Crippen molar-refractivity contribution in [3.63, 3.8) is 0 Å². The molecular formula is C43H45Cl2N3O4. The summed E-state index contributed by atoms with van der Waals surface area (Å²) >= 11 is 12.9. The molecule has 1 atom stereocenters. The summed E-state index contributed by atoms with van der Waals surface area (Å²) in [7, 11) is 0. The second kappa shape index (κ2) is 16.4. The quantitative estimate of drug-likeness (QED) is 0.133. The van der Waals surface area contributed by atoms with Crippen molar-refractivity contribution in [3.05, 3.63) is 141 Å². The van der Waals surface area contributed by atoms with Crippen molar-refractivity contribution in [2.75, 3.05) is 0 Å². The largest absolute Gasteiger partial charge is 0.489 e. The minimum atomic E-state index is -0.960. The monoisotopic (exact) mass is 737 g/mol. The summed E-state index contributed by atoms with van der Waals surface area (Å²) < 4.78 is 8.13. The number of aromatic nitrogens is 2. The standard InChI is InChI=1S/C43H45Cl2N3O4/c1-43(2,3)33-17-15-31(16-18-33)41(49)47-38(23-28-11-20-35(21-12-28)52-27-30-9-13-32(14-10-30)42(50)51)40-46-39(36-22-19-34(44)24-37(36)45)26-48(40)25-29-7-5-4-6-8-29/h4-14,19-22,24,26,31,33,38H,15-18,23,25,27H2,1-3H3,(H,47,49)(H,50,51)/t31?,33?,38-/m0/s1. The maximum absolute atomic E-state index is 14.1. The first-order valence-electron chi connectivity index (χ1n) is 17.8. The Morgan fingerprint density at radius 3 is 2.19 bits per heavy atom. The average Bonchev–Trinajstić information content (AvgIpc) is 3.54. The number of carboxylic acids is 1. The minimum absolute atomic E-state index is 0.0517. The van der Waals surface area contributed by atoms with E-state index in [1.165, 1.54) is 0 Å². The van der Waals surface area contributed by atoms with Gasteiger partial charge in [-0.25, -0.2) is 9.78 Å². The van der Waals surface area contributed by atoms with Crippen molar-refractivity contribution >= 4 is 35.1 Å². The van der Waals surface area contributed by atoms with E-state index in [4.69, 9.17) is 32.9 Å². The molecule has 1 amide bonds. The van der Waals surface area contributed by atoms with E-state index in [2.05, 4.69) is 42.8 Å². The molecular weight excluding hydrogens is 693 g/mol. The van der Waals surface area contributed by atoms with Crippen molar-refractivity contribution in [2.24, 2.45) is 17.3 Å². The van der Waals surface area contributed by atoms with Crippen LogP contribution in [0.5, 0.6) is 5.75 Å². The highest BCUT2D eigenvalue weighted by molar-refractivity contribution is 6.36. The SMILES string of the molecule is CC(C)(C)C1CCC(C(=O)N[C@@H](Cc2ccc(OCc3ccc(C(=O)O)cc3)cc2)c2nc(-c3ccc(Cl)cc3Cl)cn2Cc2ccccc2)CC1. The molecule has 1 fully saturated rings. The first-order chi connectivity index (χ1) is 24.9. The first-order valence-corrected chi connectivity index (χ1v) is 18.6. The fraction of sp³-hybridized carbons (Fsp3) is 0.326. The summed E-state index contributed by atoms with van der Waals surface area (Å²) in [6.07, 6.45) is 6.34. The van der Waals surface area contributed by atoms with Crippen molar-refractivity contribution in [2.45, 2.75) is 72.1 Å². The van der Waals surface area contributed by atoms with Gasteiger partial charge < -0.3 is 19.7 Å². The molecule has 1 aromatic heterocycles. The molecule has 0 unspecified atom stereocenters. The van der Waals surface area contributed by atoms with Crippen LogP contribution in [0.2, 0.25) is 10.0 Å². The number of hydrogen-bond donors (Lipinski definition) is 2. The summed E-state index contributed by atoms with van der Waals surface area (Å²) in [6.45, 7) is 7.75. The van der Waals surface area contributed by atoms with Crippen LogP contribution in [-0.4, -0.2) is 26.5 Å². The van der Waals surface area contributed by atoms with Crippen LogP contribution in [-0.2, 0) is 24.4 Å². The van der Waals surface area contributed by atoms with E-state index in [1.54, 1.807) is 36.4 Å². The van der Waals surface area contributed by atoms with Gasteiger partial charge in [-0.2, -0.15) is 0 Å². The molecule has 9 heteroatoms. The van der Waals surface area contributed by atoms with Gasteiger partial charge in [-0.1, -0.05) is 98.6 Å². The highest BCUT2D eigenvalue weighted by Gasteiger charge is 2.34. The van der Waals surface area contributed by atoms with Crippen LogP contribution in [0, 0.1) is 17.3 Å². The van der Waals surface area contributed by atoms with Gasteiger partial charge in [-0.3, -0.25) is 4.79 Å². The molecule has 270 valence electrons. The van der Waals surface area contributed by atoms with E-state index in [0.29, 0.717) is 47.0 Å². The second-order valence-corrected chi connectivity index (χ2v) is 15.7. The molecule has 0 saturated heterocycles. The Morgan fingerprint density at radius 2 is 1.56 bits per heavy atom. The number of nitrogens with one attached hydrogen (secondary N) is 1. The number of hydrogen-bond acceptors (Lipinski definition) is 4. The zero-order valence-corrected chi connectivity index (χ0v) is 31.3. The van der Waals surface area contributed by atoms with Crippen LogP contribution >= 0.6 is 23.2 Å². The van der Waals surface area contributed by atoms with Gasteiger partial charge in [0.25, 0.3) is 0 Å². The highest BCUT2D eigenvalue weighted by Crippen LogP contribution is 2.40. The Hall–Kier alpha value is -4.59. The van der Waals surface area contributed by atoms with Gasteiger partial charge in [0.05, 0.1) is 22.3 Å². The molecule has 1 aliphatic rings. The van der Waals surface area contributed by atoms with Crippen molar-refractivity contribution in [1.29, 1.82) is 0 Å². The topological polar surface area (TPSA) is 93.4 Å². The molecule has 5 aromatic rings. The zero-order chi connectivity index (χ0) is 36.8. The number of ether oxygens (including phenoxy) is 1. The van der Waals surface area contributed by atoms with Crippen molar-refractivity contribution in [3.8, 4) is 17.0 Å². The predicted octanol–water partition coefficient (Wildman–Crippen LogP) is 10.4. The van der Waals surface area contributed by atoms with Crippen LogP contribution in [0.3, 0.4) is 0 Å². The van der Waals surface area contributed by atoms with Crippen LogP contribution in [0.1, 0.15) is 85.4 Å². The Bertz CT molecular complexity index is 1980. The number of carboxylic acid groups (broad SMARTS) is 1. The number of halogens is 2. The summed E-state index contributed by atoms with van der Waals surface area (Å²) in [5.74, 6) is 1.08. The normalized spacial score (nSPS) is 16.6. The number of carbonyl (C=O) groups excluding carboxylic acids is 1. The van der Waals surface area contributed by atoms with Gasteiger partial charge in [0.15, 0.2) is 0 Å². The Labute approximate surface area is 316 Å². The Balaban J connectivity index is 1.28. The maximum Gasteiger partial charge on any atom is 0.335 e. The molecule has 6 rings (SSSR count). The third-order valence-corrected chi connectivity index (χ3v) is 10.7. The molecule has 0 spiro atoms. The molecule has 4 aromatic carbocycles. The van der Waals surface area contributed by atoms with Crippen LogP contribution in [0.4, 0.5) is 0 Å². The smallest absolute Gasteiger partial charge is 0.335 e. The van der Waals surface area contributed by atoms with Crippen LogP contribution in [0.15, 0.2) is 103 Å². The lowest BCUT2D eigenvalue weighted by Gasteiger charge is -2.36. The lowest BCUT2D eigenvalue weighted by atomic mass is 9.69. The van der Waals surface area contributed by atoms with Gasteiger partial charge in [-0.15, -0.1) is 0 Å². The maximum atomic E-state index is 14.1. The lowest BCUT2D eigenvalue weighted by molar-refractivity contribution is -0.127. The summed E-state index contributed by atoms with van der Waals surface area (Å²) in [6, 6.07) is 29.7. The number of amides is 1. The van der Waals surface area contributed by atoms with Crippen molar-refractivity contribution in [1.82, 2.24) is 14.9 Å². The molecule has 1 aliphatic carbocycles. The number of carbonyl (C=O) groups is 2. The van der Waals surface area contributed by atoms with Gasteiger partial charge in [-0.05, 0) is 103 Å². The Kier molecular flexibility index (Phi) is 11.7. The number of aromatic carboxylic acids is 1. The van der Waals surface area contributed by atoms with E-state index >= 15 is 0 Å². The molecule has 0 bridgehead atoms. The van der Waals surface area contributed by atoms with Crippen LogP contribution in [0.25, 0.3) is 11.3 Å². The third-order valence-electron chi connectivity index (χ3n) is 10.1. The van der Waals surface area contributed by atoms with Crippen LogP contribution < -0.4 is 10.1 Å². The molecule has 1 saturated carbocycles. The molecule has 52 heavy (non-hydrogen) atoms. The summed E-state index contributed by atoms with van der Waals surface area (Å²) in [5.41, 5.74) is 4.93. The second-order valence-electron chi connectivity index (χ2n) is 14.8. The number of imidazole rings is 1. The van der Waals surface area contributed by atoms with Gasteiger partial charge >= 0.3 is 5.97 Å². The molecule has 2 N–H and O–H groups in total. The van der Waals surface area contributed by atoms with E-state index < -0.39 is 12.0 Å². The van der Waals surface area contributed by atoms with Gasteiger partial charge in [0, 0.05) is 29.2 Å². The van der Waals surface area contributed by atoms with E-state index in [1.807, 2.05) is 54.7 Å². The Morgan fingerprint density at radius 1 is 0.885 bits per heavy atom. The lowest BCUT2D eigenvalue weighted by Crippen LogP contribution is -2.39. The van der Waals surface area contributed by atoms with Gasteiger partial charge in [0.2, 0.25) is 5.91 Å². The molecule has 1 heterocycles. The first kappa shape index (κ1) is 37.2. The van der Waals surface area contributed by atoms with Crippen molar-refractivity contribution < 1.29 is 19.4 Å². The highest BCUT2D eigenvalue weighted by atomic mass is 35.5. The summed E-state index contributed by atoms with van der Waals surface area (Å²) in [4.78, 5) is 30.4. The molecule has 0 aliphatic heterocycles. The molecule has 7 nitrogen and oxygen atoms in total. The predicted molar refractivity (Wildman–Crippen MR) is 207 cm³/mol. The third kappa shape index (κ3) is 9.44. The number of nitrogens with zero attached hydrogens (tertiary/aromatic N) is 2. The average molecular weight is 739 g/mol. The summed E-state index contributed by atoms with van der Waals surface area (Å²) in [5, 5.41) is 13.7. The fourth-order valence-corrected chi connectivity index (χ4v) is 7.53. The van der Waals surface area contributed by atoms with E-state index in [9.17, 15) is 14.7 Å². The minimum Gasteiger partial charge on any atom is -0.489 e. The fourth-order valence-electron chi connectivity index (χ4n) is 7.03. The van der Waals surface area contributed by atoms with E-state index in [0.717, 1.165) is 53.8 Å². The molecule has 0 radical (unpaired) electrons. The zero-order valence-electron chi connectivity index (χ0n) is 29.8. The van der Waals surface area contributed by atoms with Gasteiger partial charge in [0.1, 0.15) is 18.2 Å². The number of rotatable bonds is 12. The number of benzene rings is 4. The van der Waals surface area contributed by atoms with E-state index in [-0.39, 0.29) is 22.8 Å².